The third-order valence-electron chi connectivity index (χ3n) is 6.48. The molecule has 2 heterocycles. The number of hydrogen-bond donors (Lipinski definition) is 0. The quantitative estimate of drug-likeness (QED) is 0.204. The van der Waals surface area contributed by atoms with Gasteiger partial charge in [-0.2, -0.15) is 0 Å². The minimum absolute atomic E-state index is 0.527. The number of ether oxygens (including phenoxy) is 3. The predicted molar refractivity (Wildman–Crippen MR) is 152 cm³/mol. The number of halogens is 1. The number of carbonyl (C=O) groups excluding carboxylic acids is 1. The number of hydrogen-bond acceptors (Lipinski definition) is 7. The van der Waals surface area contributed by atoms with E-state index in [0.29, 0.717) is 13.2 Å². The third-order valence-corrected chi connectivity index (χ3v) is 8.19. The number of aldehydes is 1. The van der Waals surface area contributed by atoms with Gasteiger partial charge >= 0.3 is 0 Å². The van der Waals surface area contributed by atoms with E-state index in [9.17, 15) is 4.79 Å². The van der Waals surface area contributed by atoms with Gasteiger partial charge in [0.2, 0.25) is 0 Å². The first-order chi connectivity index (χ1) is 18.1. The second kappa shape index (κ2) is 12.1. The van der Waals surface area contributed by atoms with Crippen molar-refractivity contribution in [1.82, 2.24) is 9.80 Å². The maximum atomic E-state index is 10.7. The van der Waals surface area contributed by atoms with Crippen LogP contribution in [0.5, 0.6) is 23.0 Å². The number of rotatable bonds is 10. The van der Waals surface area contributed by atoms with Gasteiger partial charge in [0, 0.05) is 47.3 Å². The fraction of sp³-hybridized carbons (Fsp3) is 0.276. The fourth-order valence-electron chi connectivity index (χ4n) is 4.39. The van der Waals surface area contributed by atoms with E-state index in [0.717, 1.165) is 87.0 Å². The van der Waals surface area contributed by atoms with Crippen LogP contribution in [-0.4, -0.2) is 69.1 Å². The van der Waals surface area contributed by atoms with Crippen LogP contribution < -0.4 is 14.2 Å². The van der Waals surface area contributed by atoms with Crippen LogP contribution in [0.15, 0.2) is 71.2 Å². The number of carbonyl (C=O) groups is 1. The molecule has 0 unspecified atom stereocenters. The number of thiophene rings is 1. The summed E-state index contributed by atoms with van der Waals surface area (Å²) in [7, 11) is 1.68. The summed E-state index contributed by atoms with van der Waals surface area (Å²) in [6, 6.07) is 22.2. The van der Waals surface area contributed by atoms with Crippen molar-refractivity contribution in [1.29, 1.82) is 0 Å². The smallest absolute Gasteiger partial charge is 0.153 e. The summed E-state index contributed by atoms with van der Waals surface area (Å²) < 4.78 is 20.0. The molecular formula is C29H29BrN2O4S. The first-order valence-corrected chi connectivity index (χ1v) is 13.9. The van der Waals surface area contributed by atoms with Crippen LogP contribution in [0.25, 0.3) is 20.5 Å². The summed E-state index contributed by atoms with van der Waals surface area (Å²) in [5.74, 6) is 3.24. The van der Waals surface area contributed by atoms with E-state index in [-0.39, 0.29) is 0 Å². The van der Waals surface area contributed by atoms with Gasteiger partial charge in [0.15, 0.2) is 5.75 Å². The van der Waals surface area contributed by atoms with Gasteiger partial charge in [0.1, 0.15) is 30.1 Å². The third kappa shape index (κ3) is 6.33. The van der Waals surface area contributed by atoms with Gasteiger partial charge in [-0.3, -0.25) is 9.80 Å². The first-order valence-electron chi connectivity index (χ1n) is 12.3. The predicted octanol–water partition coefficient (Wildman–Crippen LogP) is 6.33. The highest BCUT2D eigenvalue weighted by Gasteiger charge is 2.18. The summed E-state index contributed by atoms with van der Waals surface area (Å²) >= 11 is 5.22. The summed E-state index contributed by atoms with van der Waals surface area (Å²) in [5.41, 5.74) is 1.10. The molecule has 0 aliphatic carbocycles. The topological polar surface area (TPSA) is 51.2 Å². The number of fused-ring (bicyclic) bond motifs is 1. The lowest BCUT2D eigenvalue weighted by Crippen LogP contribution is -2.47. The van der Waals surface area contributed by atoms with Crippen molar-refractivity contribution in [3.05, 3.63) is 71.2 Å². The van der Waals surface area contributed by atoms with Crippen molar-refractivity contribution < 1.29 is 19.0 Å². The molecule has 0 radical (unpaired) electrons. The summed E-state index contributed by atoms with van der Waals surface area (Å²) in [6.45, 7) is 5.80. The SMILES string of the molecule is COc1ccc2c(Oc3ccc(OCCN4CCN(CC=O)CC4)cc3)c(-c3ccc(Br)cc3)sc2c1. The Balaban J connectivity index is 1.26. The molecule has 3 aromatic carbocycles. The average molecular weight is 582 g/mol. The summed E-state index contributed by atoms with van der Waals surface area (Å²) in [6.07, 6.45) is 0.978. The Morgan fingerprint density at radius 3 is 2.27 bits per heavy atom. The number of nitrogens with zero attached hydrogens (tertiary/aromatic N) is 2. The minimum Gasteiger partial charge on any atom is -0.497 e. The largest absolute Gasteiger partial charge is 0.497 e. The van der Waals surface area contributed by atoms with E-state index in [1.807, 2.05) is 48.5 Å². The van der Waals surface area contributed by atoms with Crippen molar-refractivity contribution in [3.8, 4) is 33.4 Å². The zero-order valence-corrected chi connectivity index (χ0v) is 23.1. The number of methoxy groups -OCH3 is 1. The molecular weight excluding hydrogens is 552 g/mol. The maximum absolute atomic E-state index is 10.7. The van der Waals surface area contributed by atoms with Crippen LogP contribution in [0.1, 0.15) is 0 Å². The molecule has 37 heavy (non-hydrogen) atoms. The zero-order valence-electron chi connectivity index (χ0n) is 20.7. The maximum Gasteiger partial charge on any atom is 0.153 e. The minimum atomic E-state index is 0.527. The lowest BCUT2D eigenvalue weighted by molar-refractivity contribution is -0.109. The summed E-state index contributed by atoms with van der Waals surface area (Å²) in [4.78, 5) is 16.3. The van der Waals surface area contributed by atoms with Crippen molar-refractivity contribution >= 4 is 43.6 Å². The monoisotopic (exact) mass is 580 g/mol. The molecule has 0 spiro atoms. The lowest BCUT2D eigenvalue weighted by atomic mass is 10.1. The van der Waals surface area contributed by atoms with Gasteiger partial charge in [-0.25, -0.2) is 0 Å². The molecule has 1 aromatic heterocycles. The Bertz CT molecular complexity index is 1330. The molecule has 0 atom stereocenters. The molecule has 0 bridgehead atoms. The van der Waals surface area contributed by atoms with Crippen LogP contribution in [0.3, 0.4) is 0 Å². The molecule has 0 saturated carbocycles. The first kappa shape index (κ1) is 25.7. The highest BCUT2D eigenvalue weighted by Crippen LogP contribution is 2.47. The van der Waals surface area contributed by atoms with Crippen LogP contribution >= 0.6 is 27.3 Å². The van der Waals surface area contributed by atoms with Crippen molar-refractivity contribution in [3.63, 3.8) is 0 Å². The van der Waals surface area contributed by atoms with Gasteiger partial charge in [0.25, 0.3) is 0 Å². The van der Waals surface area contributed by atoms with E-state index in [1.54, 1.807) is 18.4 Å². The highest BCUT2D eigenvalue weighted by atomic mass is 79.9. The van der Waals surface area contributed by atoms with Crippen LogP contribution in [0, 0.1) is 0 Å². The van der Waals surface area contributed by atoms with Crippen LogP contribution in [-0.2, 0) is 4.79 Å². The molecule has 1 aliphatic heterocycles. The second-order valence-electron chi connectivity index (χ2n) is 8.86. The highest BCUT2D eigenvalue weighted by molar-refractivity contribution is 9.10. The van der Waals surface area contributed by atoms with Gasteiger partial charge in [-0.05, 0) is 60.2 Å². The van der Waals surface area contributed by atoms with Crippen molar-refractivity contribution in [2.24, 2.45) is 0 Å². The molecule has 0 N–H and O–H groups in total. The normalized spacial score (nSPS) is 14.5. The Hall–Kier alpha value is -2.91. The standard InChI is InChI=1S/C29H29BrN2O4S/c1-34-25-10-11-26-27(20-25)37-29(21-2-4-22(30)5-3-21)28(26)36-24-8-6-23(7-9-24)35-19-17-32-14-12-31(13-15-32)16-18-33/h2-11,18,20H,12-17,19H2,1H3. The molecule has 1 fully saturated rings. The molecule has 8 heteroatoms. The fourth-order valence-corrected chi connectivity index (χ4v) is 5.82. The molecule has 5 rings (SSSR count). The van der Waals surface area contributed by atoms with Gasteiger partial charge in [-0.15, -0.1) is 11.3 Å². The molecule has 1 aliphatic rings. The molecule has 4 aromatic rings. The van der Waals surface area contributed by atoms with E-state index < -0.39 is 0 Å². The molecule has 192 valence electrons. The van der Waals surface area contributed by atoms with Gasteiger partial charge in [0.05, 0.1) is 18.5 Å². The zero-order chi connectivity index (χ0) is 25.6. The Kier molecular flexibility index (Phi) is 8.41. The van der Waals surface area contributed by atoms with E-state index in [4.69, 9.17) is 14.2 Å². The van der Waals surface area contributed by atoms with Gasteiger partial charge in [-0.1, -0.05) is 28.1 Å². The average Bonchev–Trinajstić information content (AvgIpc) is 3.28. The van der Waals surface area contributed by atoms with Crippen LogP contribution in [0.2, 0.25) is 0 Å². The number of benzene rings is 3. The van der Waals surface area contributed by atoms with Crippen LogP contribution in [0.4, 0.5) is 0 Å². The summed E-state index contributed by atoms with van der Waals surface area (Å²) in [5, 5.41) is 1.05. The Morgan fingerprint density at radius 1 is 0.892 bits per heavy atom. The van der Waals surface area contributed by atoms with E-state index in [2.05, 4.69) is 43.9 Å². The van der Waals surface area contributed by atoms with Crippen molar-refractivity contribution in [2.75, 3.05) is 53.0 Å². The number of piperazine rings is 1. The van der Waals surface area contributed by atoms with E-state index >= 15 is 0 Å². The Labute approximate surface area is 229 Å². The molecule has 6 nitrogen and oxygen atoms in total. The Morgan fingerprint density at radius 2 is 1.57 bits per heavy atom. The van der Waals surface area contributed by atoms with Crippen molar-refractivity contribution in [2.45, 2.75) is 0 Å². The molecule has 0 amide bonds. The van der Waals surface area contributed by atoms with Gasteiger partial charge < -0.3 is 19.0 Å². The van der Waals surface area contributed by atoms with E-state index in [1.165, 1.54) is 0 Å². The lowest BCUT2D eigenvalue weighted by Gasteiger charge is -2.33. The molecule has 1 saturated heterocycles. The second-order valence-corrected chi connectivity index (χ2v) is 10.8.